The first kappa shape index (κ1) is 23.5. The van der Waals surface area contributed by atoms with Crippen LogP contribution < -0.4 is 10.0 Å². The molecule has 1 saturated heterocycles. The minimum atomic E-state index is -3.71. The lowest BCUT2D eigenvalue weighted by Crippen LogP contribution is -2.35. The number of carbonyl (C=O) groups is 1. The lowest BCUT2D eigenvalue weighted by atomic mass is 10.2. The highest BCUT2D eigenvalue weighted by Crippen LogP contribution is 2.30. The van der Waals surface area contributed by atoms with E-state index >= 15 is 0 Å². The molecule has 1 fully saturated rings. The van der Waals surface area contributed by atoms with Crippen molar-refractivity contribution in [2.45, 2.75) is 18.4 Å². The summed E-state index contributed by atoms with van der Waals surface area (Å²) in [6.07, 6.45) is 0. The molecule has 0 atom stereocenters. The van der Waals surface area contributed by atoms with Gasteiger partial charge in [0.15, 0.2) is 10.9 Å². The molecule has 35 heavy (non-hydrogen) atoms. The minimum Gasteiger partial charge on any atom is -0.455 e. The molecule has 5 rings (SSSR count). The van der Waals surface area contributed by atoms with Crippen LogP contribution in [0.3, 0.4) is 0 Å². The van der Waals surface area contributed by atoms with Gasteiger partial charge in [0.25, 0.3) is 15.9 Å². The number of aromatic nitrogens is 1. The molecule has 1 aliphatic heterocycles. The number of hydrogen-bond acceptors (Lipinski definition) is 8. The zero-order valence-corrected chi connectivity index (χ0v) is 20.6. The van der Waals surface area contributed by atoms with Gasteiger partial charge in [-0.15, -0.1) is 0 Å². The SMILES string of the molecule is Cc1ccc(S(=O)(=O)Nc2ccc3nc(NC(=O)c4ccc(CN5CCOCC5)o4)sc3c2)cc1. The maximum absolute atomic E-state index is 12.7. The summed E-state index contributed by atoms with van der Waals surface area (Å²) in [5, 5.41) is 3.16. The highest BCUT2D eigenvalue weighted by molar-refractivity contribution is 7.92. The highest BCUT2D eigenvalue weighted by Gasteiger charge is 2.18. The molecule has 9 nitrogen and oxygen atoms in total. The normalized spacial score (nSPS) is 14.8. The van der Waals surface area contributed by atoms with Crippen molar-refractivity contribution in [3.63, 3.8) is 0 Å². The molecule has 2 aromatic heterocycles. The number of anilines is 2. The van der Waals surface area contributed by atoms with Gasteiger partial charge in [-0.25, -0.2) is 13.4 Å². The Morgan fingerprint density at radius 1 is 1.09 bits per heavy atom. The fourth-order valence-corrected chi connectivity index (χ4v) is 5.65. The van der Waals surface area contributed by atoms with Crippen LogP contribution in [0.25, 0.3) is 10.2 Å². The molecule has 2 N–H and O–H groups in total. The van der Waals surface area contributed by atoms with Gasteiger partial charge >= 0.3 is 0 Å². The number of ether oxygens (including phenoxy) is 1. The molecule has 0 radical (unpaired) electrons. The van der Waals surface area contributed by atoms with Crippen molar-refractivity contribution < 1.29 is 22.4 Å². The Morgan fingerprint density at radius 2 is 1.86 bits per heavy atom. The summed E-state index contributed by atoms with van der Waals surface area (Å²) < 4.78 is 39.8. The zero-order chi connectivity index (χ0) is 24.4. The Labute approximate surface area is 206 Å². The zero-order valence-electron chi connectivity index (χ0n) is 19.0. The van der Waals surface area contributed by atoms with Crippen molar-refractivity contribution in [3.8, 4) is 0 Å². The molecule has 11 heteroatoms. The lowest BCUT2D eigenvalue weighted by Gasteiger charge is -2.25. The molecule has 0 unspecified atom stereocenters. The third kappa shape index (κ3) is 5.54. The van der Waals surface area contributed by atoms with Crippen LogP contribution in [-0.4, -0.2) is 50.5 Å². The molecule has 0 bridgehead atoms. The maximum Gasteiger partial charge on any atom is 0.293 e. The average Bonchev–Trinajstić information content (AvgIpc) is 3.46. The van der Waals surface area contributed by atoms with Gasteiger partial charge in [-0.05, 0) is 49.4 Å². The highest BCUT2D eigenvalue weighted by atomic mass is 32.2. The topological polar surface area (TPSA) is 114 Å². The largest absolute Gasteiger partial charge is 0.455 e. The fraction of sp³-hybridized carbons (Fsp3) is 0.250. The summed E-state index contributed by atoms with van der Waals surface area (Å²) in [5.41, 5.74) is 2.04. The molecule has 2 aromatic carbocycles. The molecule has 0 aliphatic carbocycles. The summed E-state index contributed by atoms with van der Waals surface area (Å²) in [4.78, 5) is 19.5. The van der Waals surface area contributed by atoms with Crippen LogP contribution in [0.5, 0.6) is 0 Å². The van der Waals surface area contributed by atoms with Crippen LogP contribution in [0, 0.1) is 6.92 Å². The fourth-order valence-electron chi connectivity index (χ4n) is 3.70. The van der Waals surface area contributed by atoms with Crippen LogP contribution in [0.4, 0.5) is 10.8 Å². The third-order valence-corrected chi connectivity index (χ3v) is 7.89. The number of nitrogens with one attached hydrogen (secondary N) is 2. The Bertz CT molecular complexity index is 1450. The van der Waals surface area contributed by atoms with Crippen LogP contribution in [0.2, 0.25) is 0 Å². The second-order valence-electron chi connectivity index (χ2n) is 8.23. The van der Waals surface area contributed by atoms with Crippen molar-refractivity contribution in [2.75, 3.05) is 36.3 Å². The molecule has 1 aliphatic rings. The predicted molar refractivity (Wildman–Crippen MR) is 134 cm³/mol. The monoisotopic (exact) mass is 512 g/mol. The van der Waals surface area contributed by atoms with Crippen molar-refractivity contribution in [2.24, 2.45) is 0 Å². The molecule has 3 heterocycles. The molecular weight excluding hydrogens is 488 g/mol. The van der Waals surface area contributed by atoms with Gasteiger partial charge < -0.3 is 9.15 Å². The van der Waals surface area contributed by atoms with Gasteiger partial charge in [-0.1, -0.05) is 29.0 Å². The number of fused-ring (bicyclic) bond motifs is 1. The molecule has 1 amide bonds. The van der Waals surface area contributed by atoms with Gasteiger partial charge in [0, 0.05) is 13.1 Å². The van der Waals surface area contributed by atoms with Crippen LogP contribution in [-0.2, 0) is 21.3 Å². The van der Waals surface area contributed by atoms with Crippen molar-refractivity contribution in [3.05, 3.63) is 71.7 Å². The first-order valence-corrected chi connectivity index (χ1v) is 13.4. The number of aryl methyl sites for hydroxylation is 1. The van der Waals surface area contributed by atoms with E-state index in [9.17, 15) is 13.2 Å². The van der Waals surface area contributed by atoms with Gasteiger partial charge in [-0.2, -0.15) is 0 Å². The van der Waals surface area contributed by atoms with Gasteiger partial charge in [0.2, 0.25) is 0 Å². The maximum atomic E-state index is 12.7. The predicted octanol–water partition coefficient (Wildman–Crippen LogP) is 4.08. The summed E-state index contributed by atoms with van der Waals surface area (Å²) in [7, 11) is -3.71. The molecule has 182 valence electrons. The van der Waals surface area contributed by atoms with E-state index in [1.54, 1.807) is 54.6 Å². The number of rotatable bonds is 7. The van der Waals surface area contributed by atoms with E-state index in [-0.39, 0.29) is 10.7 Å². The number of morpholine rings is 1. The van der Waals surface area contributed by atoms with E-state index in [0.29, 0.717) is 41.9 Å². The van der Waals surface area contributed by atoms with E-state index in [4.69, 9.17) is 9.15 Å². The number of hydrogen-bond donors (Lipinski definition) is 2. The van der Waals surface area contributed by atoms with E-state index in [0.717, 1.165) is 23.4 Å². The Hall–Kier alpha value is -3.25. The molecule has 0 spiro atoms. The third-order valence-electron chi connectivity index (χ3n) is 5.56. The summed E-state index contributed by atoms with van der Waals surface area (Å²) >= 11 is 1.25. The van der Waals surface area contributed by atoms with Crippen LogP contribution in [0.15, 0.2) is 63.9 Å². The average molecular weight is 513 g/mol. The number of furan rings is 1. The summed E-state index contributed by atoms with van der Waals surface area (Å²) in [6, 6.07) is 15.1. The number of benzene rings is 2. The van der Waals surface area contributed by atoms with Crippen molar-refractivity contribution >= 4 is 48.3 Å². The lowest BCUT2D eigenvalue weighted by molar-refractivity contribution is 0.0312. The van der Waals surface area contributed by atoms with Crippen LogP contribution in [0.1, 0.15) is 21.9 Å². The minimum absolute atomic E-state index is 0.187. The number of amides is 1. The number of carbonyl (C=O) groups excluding carboxylic acids is 1. The Kier molecular flexibility index (Phi) is 6.56. The van der Waals surface area contributed by atoms with E-state index < -0.39 is 15.9 Å². The van der Waals surface area contributed by atoms with Gasteiger partial charge in [0.1, 0.15) is 5.76 Å². The standard InChI is InChI=1S/C24H24N4O5S2/c1-16-2-6-19(7-3-16)35(30,31)27-17-4-8-20-22(14-17)34-24(25-20)26-23(29)21-9-5-18(33-21)15-28-10-12-32-13-11-28/h2-9,14,27H,10-13,15H2,1H3,(H,25,26,29). The summed E-state index contributed by atoms with van der Waals surface area (Å²) in [6.45, 7) is 5.57. The smallest absolute Gasteiger partial charge is 0.293 e. The van der Waals surface area contributed by atoms with Crippen molar-refractivity contribution in [1.82, 2.24) is 9.88 Å². The Balaban J connectivity index is 1.26. The van der Waals surface area contributed by atoms with E-state index in [2.05, 4.69) is 19.9 Å². The molecular formula is C24H24N4O5S2. The number of nitrogens with zero attached hydrogens (tertiary/aromatic N) is 2. The van der Waals surface area contributed by atoms with Gasteiger partial charge in [-0.3, -0.25) is 19.7 Å². The van der Waals surface area contributed by atoms with Gasteiger partial charge in [0.05, 0.1) is 40.6 Å². The number of sulfonamides is 1. The second kappa shape index (κ2) is 9.78. The second-order valence-corrected chi connectivity index (χ2v) is 10.9. The van der Waals surface area contributed by atoms with Crippen LogP contribution >= 0.6 is 11.3 Å². The van der Waals surface area contributed by atoms with Crippen molar-refractivity contribution in [1.29, 1.82) is 0 Å². The van der Waals surface area contributed by atoms with E-state index in [1.807, 2.05) is 6.92 Å². The number of thiazole rings is 1. The molecule has 4 aromatic rings. The summed E-state index contributed by atoms with van der Waals surface area (Å²) in [5.74, 6) is 0.531. The molecule has 0 saturated carbocycles. The Morgan fingerprint density at radius 3 is 2.63 bits per heavy atom. The van der Waals surface area contributed by atoms with E-state index in [1.165, 1.54) is 11.3 Å². The first-order valence-electron chi connectivity index (χ1n) is 11.1. The first-order chi connectivity index (χ1) is 16.9. The quantitative estimate of drug-likeness (QED) is 0.383.